The smallest absolute Gasteiger partial charge is 0.319 e. The maximum atomic E-state index is 11.1. The summed E-state index contributed by atoms with van der Waals surface area (Å²) in [4.78, 5) is 25.2. The summed E-state index contributed by atoms with van der Waals surface area (Å²) < 4.78 is 6.48. The van der Waals surface area contributed by atoms with Gasteiger partial charge in [-0.25, -0.2) is 15.0 Å². The van der Waals surface area contributed by atoms with Crippen molar-refractivity contribution in [2.75, 3.05) is 33.0 Å². The standard InChI is InChI=1S/C11H16N6O2/c1-16(5-8(18)19-2)3-4-17-7-15-9-10(12)13-6-14-11(9)17/h6-7H,3-5H2,1-2H3,(H2,12,13,14). The second-order valence-corrected chi connectivity index (χ2v) is 4.18. The number of imidazole rings is 1. The first-order valence-corrected chi connectivity index (χ1v) is 5.78. The molecule has 0 spiro atoms. The van der Waals surface area contributed by atoms with Gasteiger partial charge in [-0.2, -0.15) is 0 Å². The quantitative estimate of drug-likeness (QED) is 0.727. The number of carbonyl (C=O) groups is 1. The Morgan fingerprint density at radius 2 is 2.26 bits per heavy atom. The summed E-state index contributed by atoms with van der Waals surface area (Å²) in [5, 5.41) is 0. The Morgan fingerprint density at radius 3 is 3.00 bits per heavy atom. The number of fused-ring (bicyclic) bond motifs is 1. The summed E-state index contributed by atoms with van der Waals surface area (Å²) in [6.07, 6.45) is 3.08. The number of rotatable bonds is 5. The van der Waals surface area contributed by atoms with E-state index < -0.39 is 0 Å². The Bertz CT molecular complexity index is 582. The first kappa shape index (κ1) is 13.2. The van der Waals surface area contributed by atoms with E-state index >= 15 is 0 Å². The van der Waals surface area contributed by atoms with Crippen LogP contribution in [-0.4, -0.2) is 57.6 Å². The summed E-state index contributed by atoms with van der Waals surface area (Å²) in [5.41, 5.74) is 7.00. The number of hydrogen-bond donors (Lipinski definition) is 1. The lowest BCUT2D eigenvalue weighted by molar-refractivity contribution is -0.141. The van der Waals surface area contributed by atoms with Crippen LogP contribution in [0.3, 0.4) is 0 Å². The first-order valence-electron chi connectivity index (χ1n) is 5.78. The molecule has 8 nitrogen and oxygen atoms in total. The monoisotopic (exact) mass is 264 g/mol. The molecule has 0 bridgehead atoms. The van der Waals surface area contributed by atoms with E-state index in [2.05, 4.69) is 19.7 Å². The van der Waals surface area contributed by atoms with Crippen molar-refractivity contribution in [1.29, 1.82) is 0 Å². The van der Waals surface area contributed by atoms with Crippen LogP contribution in [0.15, 0.2) is 12.7 Å². The maximum absolute atomic E-state index is 11.1. The number of nitrogens with zero attached hydrogens (tertiary/aromatic N) is 5. The number of anilines is 1. The van der Waals surface area contributed by atoms with Gasteiger partial charge in [-0.3, -0.25) is 9.69 Å². The van der Waals surface area contributed by atoms with Gasteiger partial charge in [0.1, 0.15) is 11.8 Å². The number of nitrogens with two attached hydrogens (primary N) is 1. The lowest BCUT2D eigenvalue weighted by Crippen LogP contribution is -2.29. The molecular formula is C11H16N6O2. The predicted octanol–water partition coefficient (Wildman–Crippen LogP) is -0.487. The average molecular weight is 264 g/mol. The SMILES string of the molecule is COC(=O)CN(C)CCn1cnc2c(N)ncnc21. The third-order valence-electron chi connectivity index (χ3n) is 2.78. The van der Waals surface area contributed by atoms with Crippen molar-refractivity contribution in [1.82, 2.24) is 24.4 Å². The molecule has 8 heteroatoms. The van der Waals surface area contributed by atoms with Crippen LogP contribution in [0.4, 0.5) is 5.82 Å². The van der Waals surface area contributed by atoms with Crippen LogP contribution < -0.4 is 5.73 Å². The molecule has 0 aliphatic carbocycles. The normalized spacial score (nSPS) is 11.1. The van der Waals surface area contributed by atoms with Crippen molar-refractivity contribution >= 4 is 23.0 Å². The number of nitrogen functional groups attached to an aromatic ring is 1. The van der Waals surface area contributed by atoms with Gasteiger partial charge in [-0.15, -0.1) is 0 Å². The highest BCUT2D eigenvalue weighted by molar-refractivity contribution is 5.81. The largest absolute Gasteiger partial charge is 0.468 e. The zero-order valence-electron chi connectivity index (χ0n) is 10.9. The van der Waals surface area contributed by atoms with Crippen LogP contribution in [0.25, 0.3) is 11.2 Å². The van der Waals surface area contributed by atoms with Gasteiger partial charge in [0.25, 0.3) is 0 Å². The molecule has 0 unspecified atom stereocenters. The number of aromatic nitrogens is 4. The van der Waals surface area contributed by atoms with E-state index in [4.69, 9.17) is 5.73 Å². The maximum Gasteiger partial charge on any atom is 0.319 e. The molecule has 0 atom stereocenters. The molecule has 2 aromatic rings. The highest BCUT2D eigenvalue weighted by Crippen LogP contribution is 2.13. The molecule has 2 rings (SSSR count). The predicted molar refractivity (Wildman–Crippen MR) is 69.2 cm³/mol. The summed E-state index contributed by atoms with van der Waals surface area (Å²) in [6, 6.07) is 0. The van der Waals surface area contributed by atoms with Crippen molar-refractivity contribution in [2.45, 2.75) is 6.54 Å². The molecule has 0 saturated heterocycles. The molecule has 0 amide bonds. The fourth-order valence-electron chi connectivity index (χ4n) is 1.70. The molecule has 0 aromatic carbocycles. The van der Waals surface area contributed by atoms with Crippen LogP contribution in [-0.2, 0) is 16.1 Å². The number of esters is 1. The second kappa shape index (κ2) is 5.61. The second-order valence-electron chi connectivity index (χ2n) is 4.18. The van der Waals surface area contributed by atoms with Gasteiger partial charge in [-0.05, 0) is 7.05 Å². The minimum Gasteiger partial charge on any atom is -0.468 e. The molecule has 0 aliphatic rings. The number of carbonyl (C=O) groups excluding carboxylic acids is 1. The Balaban J connectivity index is 2.02. The van der Waals surface area contributed by atoms with Gasteiger partial charge in [0.05, 0.1) is 20.0 Å². The minimum absolute atomic E-state index is 0.250. The Hall–Kier alpha value is -2.22. The molecule has 0 fully saturated rings. The van der Waals surface area contributed by atoms with Gasteiger partial charge in [0.15, 0.2) is 11.5 Å². The van der Waals surface area contributed by atoms with E-state index in [9.17, 15) is 4.79 Å². The number of methoxy groups -OCH3 is 1. The van der Waals surface area contributed by atoms with E-state index in [0.29, 0.717) is 30.1 Å². The van der Waals surface area contributed by atoms with Crippen LogP contribution in [0.5, 0.6) is 0 Å². The lowest BCUT2D eigenvalue weighted by atomic mass is 10.4. The van der Waals surface area contributed by atoms with E-state index in [1.807, 2.05) is 16.5 Å². The van der Waals surface area contributed by atoms with Crippen molar-refractivity contribution in [3.05, 3.63) is 12.7 Å². The summed E-state index contributed by atoms with van der Waals surface area (Å²) in [5.74, 6) is 0.108. The van der Waals surface area contributed by atoms with Crippen LogP contribution >= 0.6 is 0 Å². The zero-order chi connectivity index (χ0) is 13.8. The Kier molecular flexibility index (Phi) is 3.91. The Morgan fingerprint density at radius 1 is 1.47 bits per heavy atom. The average Bonchev–Trinajstić information content (AvgIpc) is 2.81. The Labute approximate surface area is 110 Å². The van der Waals surface area contributed by atoms with Crippen LogP contribution in [0.2, 0.25) is 0 Å². The topological polar surface area (TPSA) is 99.2 Å². The molecule has 2 aromatic heterocycles. The fourth-order valence-corrected chi connectivity index (χ4v) is 1.70. The molecular weight excluding hydrogens is 248 g/mol. The number of likely N-dealkylation sites (N-methyl/N-ethyl adjacent to an activating group) is 1. The van der Waals surface area contributed by atoms with Gasteiger partial charge in [0.2, 0.25) is 0 Å². The minimum atomic E-state index is -0.260. The molecule has 0 radical (unpaired) electrons. The van der Waals surface area contributed by atoms with E-state index in [1.54, 1.807) is 6.33 Å². The molecule has 0 aliphatic heterocycles. The highest BCUT2D eigenvalue weighted by atomic mass is 16.5. The number of hydrogen-bond acceptors (Lipinski definition) is 7. The molecule has 0 saturated carbocycles. The van der Waals surface area contributed by atoms with Gasteiger partial charge >= 0.3 is 5.97 Å². The fraction of sp³-hybridized carbons (Fsp3) is 0.455. The third-order valence-corrected chi connectivity index (χ3v) is 2.78. The molecule has 19 heavy (non-hydrogen) atoms. The van der Waals surface area contributed by atoms with Crippen molar-refractivity contribution < 1.29 is 9.53 Å². The van der Waals surface area contributed by atoms with Crippen LogP contribution in [0, 0.1) is 0 Å². The first-order chi connectivity index (χ1) is 9.11. The molecule has 2 N–H and O–H groups in total. The summed E-state index contributed by atoms with van der Waals surface area (Å²) in [7, 11) is 3.22. The van der Waals surface area contributed by atoms with E-state index in [-0.39, 0.29) is 12.5 Å². The van der Waals surface area contributed by atoms with Crippen molar-refractivity contribution in [2.24, 2.45) is 0 Å². The molecule has 102 valence electrons. The summed E-state index contributed by atoms with van der Waals surface area (Å²) in [6.45, 7) is 1.57. The van der Waals surface area contributed by atoms with Gasteiger partial charge in [0, 0.05) is 13.1 Å². The van der Waals surface area contributed by atoms with Gasteiger partial charge in [-0.1, -0.05) is 0 Å². The van der Waals surface area contributed by atoms with E-state index in [1.165, 1.54) is 13.4 Å². The van der Waals surface area contributed by atoms with Crippen molar-refractivity contribution in [3.63, 3.8) is 0 Å². The van der Waals surface area contributed by atoms with E-state index in [0.717, 1.165) is 0 Å². The number of ether oxygens (including phenoxy) is 1. The highest BCUT2D eigenvalue weighted by Gasteiger charge is 2.10. The third kappa shape index (κ3) is 2.97. The molecule has 2 heterocycles. The lowest BCUT2D eigenvalue weighted by Gasteiger charge is -2.15. The van der Waals surface area contributed by atoms with Crippen molar-refractivity contribution in [3.8, 4) is 0 Å². The summed E-state index contributed by atoms with van der Waals surface area (Å²) >= 11 is 0. The zero-order valence-corrected chi connectivity index (χ0v) is 10.9. The van der Waals surface area contributed by atoms with Gasteiger partial charge < -0.3 is 15.0 Å². The van der Waals surface area contributed by atoms with Crippen LogP contribution in [0.1, 0.15) is 0 Å².